The minimum Gasteiger partial charge on any atom is -0.394 e. The molecule has 0 aromatic heterocycles. The number of carbonyl (C=O) groups is 1. The number of unbranched alkanes of at least 4 members (excludes halogenated alkanes) is 18. The van der Waals surface area contributed by atoms with Crippen molar-refractivity contribution in [2.75, 3.05) is 6.61 Å². The van der Waals surface area contributed by atoms with Gasteiger partial charge in [0, 0.05) is 6.42 Å². The molecule has 252 valence electrons. The summed E-state index contributed by atoms with van der Waals surface area (Å²) in [6.07, 6.45) is 39.6. The number of aliphatic hydroxyl groups is 3. The van der Waals surface area contributed by atoms with Crippen LogP contribution in [0, 0.1) is 0 Å². The van der Waals surface area contributed by atoms with E-state index in [4.69, 9.17) is 0 Å². The molecule has 0 heterocycles. The average Bonchev–Trinajstić information content (AvgIpc) is 3.01. The van der Waals surface area contributed by atoms with Crippen LogP contribution in [-0.4, -0.2) is 46.1 Å². The van der Waals surface area contributed by atoms with Crippen LogP contribution in [0.5, 0.6) is 0 Å². The molecule has 3 unspecified atom stereocenters. The first kappa shape index (κ1) is 41.6. The first-order valence-corrected chi connectivity index (χ1v) is 18.3. The van der Waals surface area contributed by atoms with Gasteiger partial charge in [0.2, 0.25) is 5.91 Å². The van der Waals surface area contributed by atoms with E-state index in [9.17, 15) is 20.1 Å². The smallest absolute Gasteiger partial charge is 0.220 e. The molecule has 0 radical (unpaired) electrons. The van der Waals surface area contributed by atoms with Gasteiger partial charge in [-0.3, -0.25) is 4.79 Å². The SMILES string of the molecule is CCC/C=C/CC/C=C/CCCC(O)C(O)C(CO)NC(=O)CCCCCCCCC/C=C\CCCCCCCCCC. The lowest BCUT2D eigenvalue weighted by molar-refractivity contribution is -0.124. The maximum Gasteiger partial charge on any atom is 0.220 e. The summed E-state index contributed by atoms with van der Waals surface area (Å²) in [7, 11) is 0. The first-order valence-electron chi connectivity index (χ1n) is 18.3. The van der Waals surface area contributed by atoms with Gasteiger partial charge in [0.25, 0.3) is 0 Å². The van der Waals surface area contributed by atoms with E-state index in [1.807, 2.05) is 0 Å². The molecule has 5 heteroatoms. The lowest BCUT2D eigenvalue weighted by Crippen LogP contribution is -2.50. The largest absolute Gasteiger partial charge is 0.394 e. The van der Waals surface area contributed by atoms with Crippen molar-refractivity contribution in [2.24, 2.45) is 0 Å². The molecule has 0 saturated carbocycles. The van der Waals surface area contributed by atoms with Crippen LogP contribution in [0.2, 0.25) is 0 Å². The second-order valence-electron chi connectivity index (χ2n) is 12.4. The molecule has 0 bridgehead atoms. The number of aliphatic hydroxyl groups excluding tert-OH is 3. The maximum atomic E-state index is 12.3. The molecule has 43 heavy (non-hydrogen) atoms. The molecule has 0 saturated heterocycles. The fraction of sp³-hybridized carbons (Fsp3) is 0.816. The molecule has 3 atom stereocenters. The molecule has 0 spiro atoms. The van der Waals surface area contributed by atoms with Crippen LogP contribution in [-0.2, 0) is 4.79 Å². The number of hydrogen-bond donors (Lipinski definition) is 4. The van der Waals surface area contributed by atoms with Crippen molar-refractivity contribution >= 4 is 5.91 Å². The van der Waals surface area contributed by atoms with Gasteiger partial charge in [-0.1, -0.05) is 134 Å². The van der Waals surface area contributed by atoms with Crippen molar-refractivity contribution in [2.45, 2.75) is 193 Å². The maximum absolute atomic E-state index is 12.3. The third-order valence-corrected chi connectivity index (χ3v) is 8.17. The summed E-state index contributed by atoms with van der Waals surface area (Å²) in [4.78, 5) is 12.3. The van der Waals surface area contributed by atoms with E-state index >= 15 is 0 Å². The molecule has 0 aromatic rings. The fourth-order valence-corrected chi connectivity index (χ4v) is 5.30. The highest BCUT2D eigenvalue weighted by atomic mass is 16.3. The number of nitrogens with one attached hydrogen (secondary N) is 1. The lowest BCUT2D eigenvalue weighted by atomic mass is 10.0. The Labute approximate surface area is 266 Å². The van der Waals surface area contributed by atoms with Gasteiger partial charge in [-0.05, 0) is 70.6 Å². The molecule has 0 aliphatic heterocycles. The van der Waals surface area contributed by atoms with Crippen molar-refractivity contribution in [1.29, 1.82) is 0 Å². The summed E-state index contributed by atoms with van der Waals surface area (Å²) >= 11 is 0. The van der Waals surface area contributed by atoms with Crippen molar-refractivity contribution in [3.8, 4) is 0 Å². The number of rotatable bonds is 32. The van der Waals surface area contributed by atoms with E-state index in [1.54, 1.807) is 0 Å². The van der Waals surface area contributed by atoms with Gasteiger partial charge in [0.05, 0.1) is 18.8 Å². The second-order valence-corrected chi connectivity index (χ2v) is 12.4. The summed E-state index contributed by atoms with van der Waals surface area (Å²) in [5, 5.41) is 33.2. The summed E-state index contributed by atoms with van der Waals surface area (Å²) in [5.74, 6) is -0.167. The van der Waals surface area contributed by atoms with Crippen molar-refractivity contribution in [3.63, 3.8) is 0 Å². The summed E-state index contributed by atoms with van der Waals surface area (Å²) in [6.45, 7) is 4.06. The Kier molecular flexibility index (Phi) is 32.3. The number of allylic oxidation sites excluding steroid dienone is 6. The molecule has 0 aliphatic rings. The summed E-state index contributed by atoms with van der Waals surface area (Å²) < 4.78 is 0. The fourth-order valence-electron chi connectivity index (χ4n) is 5.30. The third kappa shape index (κ3) is 29.1. The number of hydrogen-bond acceptors (Lipinski definition) is 4. The van der Waals surface area contributed by atoms with Gasteiger partial charge in [-0.25, -0.2) is 0 Å². The quantitative estimate of drug-likeness (QED) is 0.0454. The number of carbonyl (C=O) groups excluding carboxylic acids is 1. The Hall–Kier alpha value is -1.43. The van der Waals surface area contributed by atoms with Gasteiger partial charge in [-0.15, -0.1) is 0 Å². The predicted molar refractivity (Wildman–Crippen MR) is 185 cm³/mol. The van der Waals surface area contributed by atoms with Gasteiger partial charge in [-0.2, -0.15) is 0 Å². The van der Waals surface area contributed by atoms with Crippen LogP contribution in [0.3, 0.4) is 0 Å². The molecule has 0 rings (SSSR count). The Morgan fingerprint density at radius 3 is 1.51 bits per heavy atom. The monoisotopic (exact) mass is 606 g/mol. The Morgan fingerprint density at radius 2 is 1.00 bits per heavy atom. The molecule has 1 amide bonds. The van der Waals surface area contributed by atoms with Crippen molar-refractivity contribution in [1.82, 2.24) is 5.32 Å². The standard InChI is InChI=1S/C38H71NO4/c1-3-5-7-9-11-13-15-16-17-18-19-20-21-22-23-25-27-29-31-33-37(42)39-35(34-40)38(43)36(41)32-30-28-26-24-14-12-10-8-6-4-2/h8,10,18-19,24,26,35-36,38,40-41,43H,3-7,9,11-17,20-23,25,27-34H2,1-2H3,(H,39,42)/b10-8+,19-18-,26-24+. The minimum absolute atomic E-state index is 0.167. The van der Waals surface area contributed by atoms with Crippen LogP contribution in [0.25, 0.3) is 0 Å². The number of amides is 1. The highest BCUT2D eigenvalue weighted by Crippen LogP contribution is 2.13. The molecule has 0 aliphatic carbocycles. The van der Waals surface area contributed by atoms with E-state index in [1.165, 1.54) is 96.3 Å². The average molecular weight is 606 g/mol. The minimum atomic E-state index is -1.17. The van der Waals surface area contributed by atoms with E-state index < -0.39 is 18.2 Å². The second kappa shape index (κ2) is 33.5. The zero-order valence-corrected chi connectivity index (χ0v) is 28.3. The van der Waals surface area contributed by atoms with Crippen LogP contribution in [0.1, 0.15) is 174 Å². The summed E-state index contributed by atoms with van der Waals surface area (Å²) in [5.41, 5.74) is 0. The van der Waals surface area contributed by atoms with Crippen molar-refractivity contribution in [3.05, 3.63) is 36.5 Å². The highest BCUT2D eigenvalue weighted by Gasteiger charge is 2.26. The Bertz CT molecular complexity index is 675. The zero-order chi connectivity index (χ0) is 31.6. The Morgan fingerprint density at radius 1 is 0.558 bits per heavy atom. The van der Waals surface area contributed by atoms with E-state index in [-0.39, 0.29) is 12.5 Å². The van der Waals surface area contributed by atoms with Crippen LogP contribution < -0.4 is 5.32 Å². The zero-order valence-electron chi connectivity index (χ0n) is 28.3. The van der Waals surface area contributed by atoms with Gasteiger partial charge in [0.1, 0.15) is 6.10 Å². The Balaban J connectivity index is 3.71. The van der Waals surface area contributed by atoms with Crippen LogP contribution in [0.4, 0.5) is 0 Å². The molecule has 0 fully saturated rings. The van der Waals surface area contributed by atoms with E-state index in [0.29, 0.717) is 12.8 Å². The van der Waals surface area contributed by atoms with Crippen LogP contribution >= 0.6 is 0 Å². The molecule has 4 N–H and O–H groups in total. The molecular weight excluding hydrogens is 534 g/mol. The highest BCUT2D eigenvalue weighted by molar-refractivity contribution is 5.76. The lowest BCUT2D eigenvalue weighted by Gasteiger charge is -2.26. The predicted octanol–water partition coefficient (Wildman–Crippen LogP) is 9.65. The first-order chi connectivity index (χ1) is 21.1. The summed E-state index contributed by atoms with van der Waals surface area (Å²) in [6, 6.07) is -0.831. The molecule has 5 nitrogen and oxygen atoms in total. The van der Waals surface area contributed by atoms with Crippen molar-refractivity contribution < 1.29 is 20.1 Å². The third-order valence-electron chi connectivity index (χ3n) is 8.17. The topological polar surface area (TPSA) is 89.8 Å². The molecular formula is C38H71NO4. The van der Waals surface area contributed by atoms with Crippen LogP contribution in [0.15, 0.2) is 36.5 Å². The van der Waals surface area contributed by atoms with Gasteiger partial charge < -0.3 is 20.6 Å². The normalized spacial score (nSPS) is 14.3. The van der Waals surface area contributed by atoms with Gasteiger partial charge in [0.15, 0.2) is 0 Å². The van der Waals surface area contributed by atoms with E-state index in [0.717, 1.165) is 51.4 Å². The van der Waals surface area contributed by atoms with E-state index in [2.05, 4.69) is 55.6 Å². The molecule has 0 aromatic carbocycles. The van der Waals surface area contributed by atoms with Gasteiger partial charge >= 0.3 is 0 Å².